The number of ether oxygens (including phenoxy) is 1. The molecule has 0 spiro atoms. The van der Waals surface area contributed by atoms with Crippen molar-refractivity contribution in [3.63, 3.8) is 0 Å². The van der Waals surface area contributed by atoms with Gasteiger partial charge in [0, 0.05) is 32.1 Å². The lowest BCUT2D eigenvalue weighted by molar-refractivity contribution is 0.107. The molecule has 3 saturated heterocycles. The highest BCUT2D eigenvalue weighted by molar-refractivity contribution is 6.30. The number of alkyl halides is 1. The van der Waals surface area contributed by atoms with Crippen LogP contribution in [0.1, 0.15) is 63.8 Å². The molecule has 2 atom stereocenters. The second-order valence-electron chi connectivity index (χ2n) is 10.3. The quantitative estimate of drug-likeness (QED) is 0.580. The first-order chi connectivity index (χ1) is 16.5. The minimum Gasteiger partial charge on any atom is -0.461 e. The van der Waals surface area contributed by atoms with Crippen molar-refractivity contribution in [3.05, 3.63) is 21.3 Å². The summed E-state index contributed by atoms with van der Waals surface area (Å²) in [4.78, 5) is 26.7. The first kappa shape index (κ1) is 22.5. The summed E-state index contributed by atoms with van der Waals surface area (Å²) < 4.78 is 37.1. The summed E-state index contributed by atoms with van der Waals surface area (Å²) in [6.45, 7) is 2.99. The number of anilines is 1. The maximum Gasteiger partial charge on any atom is 0.319 e. The van der Waals surface area contributed by atoms with Gasteiger partial charge in [-0.25, -0.2) is 8.78 Å². The van der Waals surface area contributed by atoms with Crippen molar-refractivity contribution in [3.8, 4) is 6.01 Å². The minimum atomic E-state index is -0.869. The second-order valence-corrected chi connectivity index (χ2v) is 10.7. The third kappa shape index (κ3) is 3.75. The Balaban J connectivity index is 1.43. The van der Waals surface area contributed by atoms with Crippen LogP contribution in [-0.2, 0) is 0 Å². The number of hydrogen-bond acceptors (Lipinski definition) is 6. The highest BCUT2D eigenvalue weighted by atomic mass is 35.5. The molecule has 1 aliphatic carbocycles. The van der Waals surface area contributed by atoms with Crippen molar-refractivity contribution in [1.82, 2.24) is 19.4 Å². The van der Waals surface area contributed by atoms with Crippen LogP contribution in [0.2, 0.25) is 5.15 Å². The Hall–Kier alpha value is -2.00. The third-order valence-electron chi connectivity index (χ3n) is 7.95. The van der Waals surface area contributed by atoms with E-state index in [-0.39, 0.29) is 45.8 Å². The van der Waals surface area contributed by atoms with Gasteiger partial charge in [0.05, 0.1) is 5.54 Å². The molecule has 0 bridgehead atoms. The van der Waals surface area contributed by atoms with Crippen molar-refractivity contribution < 1.29 is 13.5 Å². The van der Waals surface area contributed by atoms with Gasteiger partial charge in [-0.15, -0.1) is 0 Å². The average molecular weight is 494 g/mol. The van der Waals surface area contributed by atoms with Gasteiger partial charge in [-0.05, 0) is 45.1 Å². The van der Waals surface area contributed by atoms with E-state index >= 15 is 4.39 Å². The Bertz CT molecular complexity index is 1160. The van der Waals surface area contributed by atoms with Crippen LogP contribution in [0.15, 0.2) is 4.79 Å². The lowest BCUT2D eigenvalue weighted by atomic mass is 9.95. The number of nitrogens with zero attached hydrogens (tertiary/aromatic N) is 5. The number of rotatable bonds is 5. The number of hydrogen-bond donors (Lipinski definition) is 0. The molecule has 0 N–H and O–H groups in total. The molecule has 0 radical (unpaired) electrons. The Morgan fingerprint density at radius 2 is 1.85 bits per heavy atom. The SMILES string of the molecule is O=c1c2c(N3CCCCCC3)nc(OC[C@@]34CCCN3C[C@H](F)C4)nc2c(F)c(Cl)n1C1CC1. The first-order valence-electron chi connectivity index (χ1n) is 12.5. The predicted molar refractivity (Wildman–Crippen MR) is 126 cm³/mol. The van der Waals surface area contributed by atoms with Gasteiger partial charge in [-0.3, -0.25) is 14.3 Å². The van der Waals surface area contributed by atoms with Crippen molar-refractivity contribution in [2.45, 2.75) is 75.5 Å². The summed E-state index contributed by atoms with van der Waals surface area (Å²) in [7, 11) is 0. The van der Waals surface area contributed by atoms with Crippen LogP contribution >= 0.6 is 11.6 Å². The zero-order valence-electron chi connectivity index (χ0n) is 19.2. The highest BCUT2D eigenvalue weighted by Crippen LogP contribution is 2.41. The maximum absolute atomic E-state index is 15.5. The van der Waals surface area contributed by atoms with Crippen LogP contribution in [0.25, 0.3) is 10.9 Å². The molecule has 2 aromatic rings. The van der Waals surface area contributed by atoms with Gasteiger partial charge in [-0.2, -0.15) is 9.97 Å². The van der Waals surface area contributed by atoms with E-state index in [4.69, 9.17) is 16.3 Å². The molecule has 184 valence electrons. The van der Waals surface area contributed by atoms with E-state index in [0.717, 1.165) is 71.0 Å². The van der Waals surface area contributed by atoms with E-state index in [9.17, 15) is 9.18 Å². The van der Waals surface area contributed by atoms with Crippen LogP contribution in [0.4, 0.5) is 14.6 Å². The Labute approximate surface area is 202 Å². The smallest absolute Gasteiger partial charge is 0.319 e. The lowest BCUT2D eigenvalue weighted by Crippen LogP contribution is -2.43. The predicted octanol–water partition coefficient (Wildman–Crippen LogP) is 4.25. The molecule has 0 amide bonds. The fourth-order valence-electron chi connectivity index (χ4n) is 6.08. The van der Waals surface area contributed by atoms with Gasteiger partial charge in [0.1, 0.15) is 29.5 Å². The number of fused-ring (bicyclic) bond motifs is 2. The summed E-state index contributed by atoms with van der Waals surface area (Å²) in [6.07, 6.45) is 7.19. The van der Waals surface area contributed by atoms with Gasteiger partial charge in [-0.1, -0.05) is 24.4 Å². The monoisotopic (exact) mass is 493 g/mol. The van der Waals surface area contributed by atoms with Crippen molar-refractivity contribution >= 4 is 28.3 Å². The fourth-order valence-corrected chi connectivity index (χ4v) is 6.38. The van der Waals surface area contributed by atoms with Gasteiger partial charge in [0.2, 0.25) is 0 Å². The zero-order chi connectivity index (χ0) is 23.4. The average Bonchev–Trinajstić information content (AvgIpc) is 3.56. The van der Waals surface area contributed by atoms with Gasteiger partial charge >= 0.3 is 6.01 Å². The summed E-state index contributed by atoms with van der Waals surface area (Å²) in [5, 5.41) is -0.0310. The molecular weight excluding hydrogens is 464 g/mol. The van der Waals surface area contributed by atoms with Gasteiger partial charge in [0.15, 0.2) is 11.0 Å². The molecule has 34 heavy (non-hydrogen) atoms. The topological polar surface area (TPSA) is 63.5 Å². The molecule has 0 unspecified atom stereocenters. The van der Waals surface area contributed by atoms with Crippen LogP contribution in [0.3, 0.4) is 0 Å². The summed E-state index contributed by atoms with van der Waals surface area (Å²) in [5.41, 5.74) is -0.801. The third-order valence-corrected chi connectivity index (χ3v) is 8.30. The van der Waals surface area contributed by atoms with Crippen molar-refractivity contribution in [2.24, 2.45) is 0 Å². The highest BCUT2D eigenvalue weighted by Gasteiger charge is 2.49. The summed E-state index contributed by atoms with van der Waals surface area (Å²) >= 11 is 6.32. The Morgan fingerprint density at radius 1 is 1.09 bits per heavy atom. The van der Waals surface area contributed by atoms with E-state index in [2.05, 4.69) is 19.8 Å². The van der Waals surface area contributed by atoms with E-state index in [1.807, 2.05) is 0 Å². The summed E-state index contributed by atoms with van der Waals surface area (Å²) in [5.74, 6) is -0.288. The minimum absolute atomic E-state index is 0.0221. The van der Waals surface area contributed by atoms with Gasteiger partial charge < -0.3 is 9.64 Å². The molecule has 4 fully saturated rings. The van der Waals surface area contributed by atoms with E-state index < -0.39 is 12.0 Å². The van der Waals surface area contributed by atoms with Crippen LogP contribution in [0.5, 0.6) is 6.01 Å². The molecular formula is C24H30ClF2N5O2. The largest absolute Gasteiger partial charge is 0.461 e. The van der Waals surface area contributed by atoms with E-state index in [1.165, 1.54) is 4.57 Å². The van der Waals surface area contributed by atoms with Crippen LogP contribution in [-0.4, -0.2) is 63.9 Å². The van der Waals surface area contributed by atoms with E-state index in [0.29, 0.717) is 18.8 Å². The fraction of sp³-hybridized carbons (Fsp3) is 0.708. The molecule has 4 aliphatic rings. The lowest BCUT2D eigenvalue weighted by Gasteiger charge is -2.31. The zero-order valence-corrected chi connectivity index (χ0v) is 20.0. The normalized spacial score (nSPS) is 27.9. The van der Waals surface area contributed by atoms with Gasteiger partial charge in [0.25, 0.3) is 5.56 Å². The molecule has 1 saturated carbocycles. The standard InChI is InChI=1S/C24H30ClF2N5O2/c25-20-18(27)19-17(22(33)32(20)16-6-7-16)21(30-9-3-1-2-4-10-30)29-23(28-19)34-14-24-8-5-11-31(24)13-15(26)12-24/h15-16H,1-14H2/t15-,24+/m1/s1. The number of pyridine rings is 1. The molecule has 10 heteroatoms. The van der Waals surface area contributed by atoms with Crippen LogP contribution in [0, 0.1) is 5.82 Å². The molecule has 5 heterocycles. The maximum atomic E-state index is 15.5. The molecule has 3 aliphatic heterocycles. The molecule has 7 nitrogen and oxygen atoms in total. The van der Waals surface area contributed by atoms with Crippen molar-refractivity contribution in [2.75, 3.05) is 37.7 Å². The van der Waals surface area contributed by atoms with Crippen molar-refractivity contribution in [1.29, 1.82) is 0 Å². The summed E-state index contributed by atoms with van der Waals surface area (Å²) in [6, 6.07) is -0.0518. The first-order valence-corrected chi connectivity index (χ1v) is 12.9. The number of aromatic nitrogens is 3. The van der Waals surface area contributed by atoms with Crippen LogP contribution < -0.4 is 15.2 Å². The number of halogens is 3. The Morgan fingerprint density at radius 3 is 2.59 bits per heavy atom. The van der Waals surface area contributed by atoms with E-state index in [1.54, 1.807) is 0 Å². The second kappa shape index (κ2) is 8.59. The molecule has 6 rings (SSSR count). The molecule has 2 aromatic heterocycles. The molecule has 0 aromatic carbocycles. The Kier molecular flexibility index (Phi) is 5.67.